The Hall–Kier alpha value is -2.53. The molecule has 8 nitrogen and oxygen atoms in total. The number of aromatic nitrogens is 5. The molecule has 3 aromatic heterocycles. The number of nitrogens with zero attached hydrogens (tertiary/aromatic N) is 6. The summed E-state index contributed by atoms with van der Waals surface area (Å²) in [6, 6.07) is 4.76. The number of thiol groups is 1. The van der Waals surface area contributed by atoms with Gasteiger partial charge < -0.3 is 4.90 Å². The van der Waals surface area contributed by atoms with Crippen molar-refractivity contribution in [3.63, 3.8) is 0 Å². The third-order valence-corrected chi connectivity index (χ3v) is 8.98. The van der Waals surface area contributed by atoms with Crippen molar-refractivity contribution in [1.29, 1.82) is 0 Å². The maximum Gasteiger partial charge on any atom is 0.282 e. The normalized spacial score (nSPS) is 22.6. The van der Waals surface area contributed by atoms with E-state index in [0.717, 1.165) is 31.6 Å². The summed E-state index contributed by atoms with van der Waals surface area (Å²) in [7, 11) is -2.35. The second-order valence-corrected chi connectivity index (χ2v) is 12.0. The molecule has 5 rings (SSSR count). The molecule has 0 bridgehead atoms. The topological polar surface area (TPSA) is 88.3 Å². The fourth-order valence-electron chi connectivity index (χ4n) is 4.51. The summed E-state index contributed by atoms with van der Waals surface area (Å²) in [6.45, 7) is 3.71. The van der Waals surface area contributed by atoms with Crippen molar-refractivity contribution in [3.8, 4) is 11.4 Å². The third kappa shape index (κ3) is 4.23. The highest BCUT2D eigenvalue weighted by Gasteiger charge is 2.36. The molecule has 0 aromatic carbocycles. The van der Waals surface area contributed by atoms with Crippen molar-refractivity contribution < 1.29 is 13.0 Å². The van der Waals surface area contributed by atoms with Gasteiger partial charge in [-0.25, -0.2) is 28.2 Å². The van der Waals surface area contributed by atoms with Crippen molar-refractivity contribution in [3.05, 3.63) is 36.4 Å². The summed E-state index contributed by atoms with van der Waals surface area (Å²) >= 11 is 0. The van der Waals surface area contributed by atoms with E-state index in [0.29, 0.717) is 34.7 Å². The minimum Gasteiger partial charge on any atom is -0.355 e. The van der Waals surface area contributed by atoms with Crippen LogP contribution in [0, 0.1) is 5.92 Å². The highest BCUT2D eigenvalue weighted by molar-refractivity contribution is 8.01. The van der Waals surface area contributed by atoms with Crippen LogP contribution in [0.1, 0.15) is 38.3 Å². The van der Waals surface area contributed by atoms with Crippen LogP contribution < -0.4 is 9.62 Å². The summed E-state index contributed by atoms with van der Waals surface area (Å²) in [5.41, 5.74) is 1.24. The predicted molar refractivity (Wildman–Crippen MR) is 120 cm³/mol. The van der Waals surface area contributed by atoms with Crippen LogP contribution in [0.5, 0.6) is 0 Å². The first kappa shape index (κ1) is 21.3. The first-order valence-electron chi connectivity index (χ1n) is 10.9. The number of rotatable bonds is 6. The van der Waals surface area contributed by atoms with Crippen molar-refractivity contribution in [2.75, 3.05) is 24.2 Å². The Morgan fingerprint density at radius 3 is 2.75 bits per heavy atom. The Morgan fingerprint density at radius 1 is 1.19 bits per heavy atom. The minimum atomic E-state index is -2.67. The van der Waals surface area contributed by atoms with E-state index in [1.165, 1.54) is 23.0 Å². The predicted octanol–water partition coefficient (Wildman–Crippen LogP) is 2.65. The number of alkyl halides is 2. The number of halogens is 2. The zero-order valence-electron chi connectivity index (χ0n) is 18.0. The molecule has 1 aliphatic heterocycles. The Balaban J connectivity index is 1.42. The summed E-state index contributed by atoms with van der Waals surface area (Å²) in [6.07, 6.45) is 5.30. The molecule has 1 saturated heterocycles. The number of hydrogen-bond acceptors (Lipinski definition) is 6. The molecule has 0 radical (unpaired) electrons. The number of nitrogens with one attached hydrogen (secondary N) is 1. The zero-order chi connectivity index (χ0) is 22.5. The van der Waals surface area contributed by atoms with Crippen molar-refractivity contribution >= 4 is 21.6 Å². The molecular weight excluding hydrogens is 436 g/mol. The number of fused-ring (bicyclic) bond motifs is 1. The second-order valence-electron chi connectivity index (χ2n) is 9.03. The quantitative estimate of drug-likeness (QED) is 0.547. The standard InChI is InChI=1S/C21H27F2N7OS/c1-13-7-14(28-32(2,31)15-3-4-15)11-29(10-13)20-8-17(25-12-26-20)18-9-24-19-6-5-16(21(22)23)27-30(18)19/h5-6,8-9,12-15,21,32H,3-4,7,10-11H2,1-2H3,(H,28,31). The Kier molecular flexibility index (Phi) is 5.40. The van der Waals surface area contributed by atoms with E-state index in [1.807, 2.05) is 12.3 Å². The number of piperidine rings is 1. The summed E-state index contributed by atoms with van der Waals surface area (Å²) in [5.74, 6) is 1.15. The van der Waals surface area contributed by atoms with Gasteiger partial charge in [0.1, 0.15) is 23.5 Å². The van der Waals surface area contributed by atoms with Gasteiger partial charge in [-0.15, -0.1) is 0 Å². The highest BCUT2D eigenvalue weighted by atomic mass is 32.3. The monoisotopic (exact) mass is 463 g/mol. The molecule has 1 saturated carbocycles. The fraction of sp³-hybridized carbons (Fsp3) is 0.524. The van der Waals surface area contributed by atoms with Crippen LogP contribution in [0.3, 0.4) is 0 Å². The van der Waals surface area contributed by atoms with Gasteiger partial charge in [-0.1, -0.05) is 17.0 Å². The molecule has 1 N–H and O–H groups in total. The van der Waals surface area contributed by atoms with Crippen LogP contribution in [0.15, 0.2) is 30.7 Å². The molecule has 2 unspecified atom stereocenters. The van der Waals surface area contributed by atoms with E-state index in [1.54, 1.807) is 6.20 Å². The lowest BCUT2D eigenvalue weighted by Crippen LogP contribution is -2.53. The SMILES string of the molecule is CC1CC(N[SH](C)(=O)C2CC2)CN(c2cc(-c3cnc4ccc(C(F)F)nn34)ncn2)C1. The van der Waals surface area contributed by atoms with Gasteiger partial charge in [-0.3, -0.25) is 8.93 Å². The molecule has 172 valence electrons. The molecule has 0 spiro atoms. The molecule has 4 heterocycles. The third-order valence-electron chi connectivity index (χ3n) is 6.19. The van der Waals surface area contributed by atoms with Crippen LogP contribution in [0.4, 0.5) is 14.6 Å². The lowest BCUT2D eigenvalue weighted by Gasteiger charge is -2.39. The number of hydrogen-bond donors (Lipinski definition) is 2. The van der Waals surface area contributed by atoms with Gasteiger partial charge in [0.25, 0.3) is 6.43 Å². The van der Waals surface area contributed by atoms with Gasteiger partial charge in [0, 0.05) is 36.7 Å². The molecule has 2 atom stereocenters. The van der Waals surface area contributed by atoms with Gasteiger partial charge in [0.15, 0.2) is 5.65 Å². The molecule has 11 heteroatoms. The Morgan fingerprint density at radius 2 is 2.00 bits per heavy atom. The van der Waals surface area contributed by atoms with Gasteiger partial charge in [0.2, 0.25) is 0 Å². The van der Waals surface area contributed by atoms with Gasteiger partial charge in [-0.2, -0.15) is 5.10 Å². The molecule has 1 aliphatic carbocycles. The largest absolute Gasteiger partial charge is 0.355 e. The first-order valence-corrected chi connectivity index (χ1v) is 13.1. The average Bonchev–Trinajstić information content (AvgIpc) is 3.53. The van der Waals surface area contributed by atoms with E-state index in [-0.39, 0.29) is 11.7 Å². The lowest BCUT2D eigenvalue weighted by molar-refractivity contribution is 0.144. The van der Waals surface area contributed by atoms with Crippen molar-refractivity contribution in [1.82, 2.24) is 29.3 Å². The summed E-state index contributed by atoms with van der Waals surface area (Å²) in [5, 5.41) is 4.35. The average molecular weight is 464 g/mol. The number of anilines is 1. The maximum absolute atomic E-state index is 13.1. The van der Waals surface area contributed by atoms with Crippen LogP contribution in [0.2, 0.25) is 0 Å². The van der Waals surface area contributed by atoms with Crippen LogP contribution in [0.25, 0.3) is 17.0 Å². The minimum absolute atomic E-state index is 0.125. The first-order chi connectivity index (χ1) is 15.3. The van der Waals surface area contributed by atoms with Crippen LogP contribution >= 0.6 is 0 Å². The number of imidazole rings is 1. The summed E-state index contributed by atoms with van der Waals surface area (Å²) < 4.78 is 44.1. The molecular formula is C21H27F2N7OS. The Labute approximate surface area is 186 Å². The zero-order valence-corrected chi connectivity index (χ0v) is 18.9. The Bertz CT molecular complexity index is 1180. The van der Waals surface area contributed by atoms with E-state index in [9.17, 15) is 13.0 Å². The highest BCUT2D eigenvalue weighted by Crippen LogP contribution is 2.32. The van der Waals surface area contributed by atoms with Gasteiger partial charge in [-0.05, 0) is 37.3 Å². The van der Waals surface area contributed by atoms with E-state index >= 15 is 0 Å². The van der Waals surface area contributed by atoms with E-state index in [4.69, 9.17) is 0 Å². The smallest absolute Gasteiger partial charge is 0.282 e. The molecule has 3 aromatic rings. The molecule has 0 amide bonds. The van der Waals surface area contributed by atoms with Crippen LogP contribution in [-0.2, 0) is 10.1 Å². The van der Waals surface area contributed by atoms with E-state index < -0.39 is 16.5 Å². The van der Waals surface area contributed by atoms with Gasteiger partial charge >= 0.3 is 0 Å². The van der Waals surface area contributed by atoms with Crippen LogP contribution in [-0.4, -0.2) is 59.4 Å². The molecule has 32 heavy (non-hydrogen) atoms. The lowest BCUT2D eigenvalue weighted by atomic mass is 9.96. The molecule has 2 aliphatic rings. The van der Waals surface area contributed by atoms with Crippen molar-refractivity contribution in [2.24, 2.45) is 5.92 Å². The maximum atomic E-state index is 13.1. The van der Waals surface area contributed by atoms with Gasteiger partial charge in [0.05, 0.1) is 11.9 Å². The van der Waals surface area contributed by atoms with Crippen molar-refractivity contribution in [2.45, 2.75) is 43.9 Å². The summed E-state index contributed by atoms with van der Waals surface area (Å²) in [4.78, 5) is 15.2. The molecule has 2 fully saturated rings. The second kappa shape index (κ2) is 8.11. The van der Waals surface area contributed by atoms with E-state index in [2.05, 4.69) is 36.6 Å². The fourth-order valence-corrected chi connectivity index (χ4v) is 6.76.